The van der Waals surface area contributed by atoms with Crippen LogP contribution in [0.15, 0.2) is 42.5 Å². The van der Waals surface area contributed by atoms with Gasteiger partial charge in [-0.2, -0.15) is 5.26 Å². The minimum atomic E-state index is -1.31. The molecule has 19 nitrogen and oxygen atoms in total. The molecule has 5 amide bonds. The Kier molecular flexibility index (Phi) is 24.8. The number of benzene rings is 2. The number of carbonyl (C=O) groups is 7. The first-order valence-corrected chi connectivity index (χ1v) is 29.8. The number of imide groups is 2. The molecule has 5 aliphatic rings. The van der Waals surface area contributed by atoms with Crippen molar-refractivity contribution >= 4 is 64.6 Å². The number of halogens is 2. The number of esters is 1. The Bertz CT molecular complexity index is 2750. The first-order chi connectivity index (χ1) is 39.3. The number of piperidine rings is 2. The summed E-state index contributed by atoms with van der Waals surface area (Å²) < 4.78 is 27.3. The molecule has 2 aromatic carbocycles. The van der Waals surface area contributed by atoms with Crippen molar-refractivity contribution in [2.75, 3.05) is 62.3 Å². The largest absolute Gasteiger partial charge is 1.00 e. The molecule has 0 spiro atoms. The van der Waals surface area contributed by atoms with Crippen molar-refractivity contribution in [2.24, 2.45) is 5.92 Å². The molecule has 0 bridgehead atoms. The third kappa shape index (κ3) is 17.7. The van der Waals surface area contributed by atoms with E-state index >= 15 is 4.39 Å². The van der Waals surface area contributed by atoms with Crippen LogP contribution in [0.4, 0.5) is 15.9 Å². The molecule has 8 rings (SSSR count). The number of nitrogens with one attached hydrogen (secondary N) is 1. The number of carbonyl (C=O) groups excluding carboxylic acids is 7. The van der Waals surface area contributed by atoms with Gasteiger partial charge in [0.05, 0.1) is 33.5 Å². The van der Waals surface area contributed by atoms with Crippen LogP contribution >= 0.6 is 11.6 Å². The molecule has 1 saturated carbocycles. The number of rotatable bonds is 28. The molecule has 1 aromatic heterocycles. The predicted octanol–water partition coefficient (Wildman–Crippen LogP) is 4.91. The molecule has 5 heterocycles. The van der Waals surface area contributed by atoms with Gasteiger partial charge < -0.3 is 34.5 Å². The quantitative estimate of drug-likeness (QED) is 0.0440. The monoisotopic (exact) mass is 1160 g/mol. The third-order valence-electron chi connectivity index (χ3n) is 16.6. The van der Waals surface area contributed by atoms with Crippen LogP contribution in [-0.2, 0) is 23.9 Å². The Hall–Kier alpha value is -5.72. The summed E-state index contributed by atoms with van der Waals surface area (Å²) in [5.41, 5.74) is 0.723. The second kappa shape index (κ2) is 31.8. The van der Waals surface area contributed by atoms with Crippen LogP contribution in [-0.4, -0.2) is 137 Å². The maximum absolute atomic E-state index is 15.9. The van der Waals surface area contributed by atoms with Crippen molar-refractivity contribution in [3.63, 3.8) is 0 Å². The van der Waals surface area contributed by atoms with Crippen LogP contribution in [0, 0.1) is 23.1 Å². The number of carboxylic acid groups (broad SMARTS) is 1. The Morgan fingerprint density at radius 2 is 1.33 bits per heavy atom. The van der Waals surface area contributed by atoms with Crippen molar-refractivity contribution < 1.29 is 82.1 Å². The van der Waals surface area contributed by atoms with E-state index in [-0.39, 0.29) is 95.8 Å². The molecular weight excluding hydrogens is 1080 g/mol. The summed E-state index contributed by atoms with van der Waals surface area (Å²) in [6.07, 6.45) is 19.3. The van der Waals surface area contributed by atoms with Gasteiger partial charge in [0.25, 0.3) is 23.6 Å². The molecule has 3 aromatic rings. The number of nitriles is 1. The van der Waals surface area contributed by atoms with E-state index in [0.717, 1.165) is 125 Å². The number of unbranched alkanes of at least 4 members (excludes halogenated alkanes) is 13. The molecular formula is C60H76ClFN9NaO10. The second-order valence-corrected chi connectivity index (χ2v) is 22.7. The van der Waals surface area contributed by atoms with Crippen LogP contribution in [0.25, 0.3) is 0 Å². The molecule has 3 saturated heterocycles. The minimum Gasteiger partial charge on any atom is -0.550 e. The maximum Gasteiger partial charge on any atom is 1.00 e. The Labute approximate surface area is 507 Å². The van der Waals surface area contributed by atoms with E-state index in [9.17, 15) is 38.7 Å². The van der Waals surface area contributed by atoms with Crippen LogP contribution in [0.1, 0.15) is 191 Å². The number of piperazine rings is 1. The molecule has 1 aliphatic carbocycles. The number of hydrogen-bond acceptors (Lipinski definition) is 16. The average Bonchev–Trinajstić information content (AvgIpc) is 3.98. The molecule has 1 atom stereocenters. The summed E-state index contributed by atoms with van der Waals surface area (Å²) in [4.78, 5) is 98.5. The molecule has 0 radical (unpaired) electrons. The summed E-state index contributed by atoms with van der Waals surface area (Å²) in [7, 11) is 0. The SMILES string of the molecule is N#Cc1ccc(OC2CCC(NC(=O)c3ccc(N4CCC(CN5CCN(c6cc7c(cc6F)C(=O)N(C6CCC(=O)N(COC(=O)CCCCCCCCCCCCCCCCC(=O)[O-])C6=O)C7=O)CC5)CC4)nn3)CC2)cc1Cl.[Na+]. The standard InChI is InChI=1S/C60H77ClFN9O10.Na/c61-48-35-45(20-17-42(48)38-63)81-44-21-18-43(19-22-44)64-57(76)50-23-25-53(66-65-50)69-29-27-41(28-30-69)39-67-31-33-68(34-32-67)52-37-47-46(36-49(52)62)58(77)71(59(47)78)51-24-26-54(72)70(60(51)79)40-80-56(75)16-14-12-10-8-6-4-2-1-3-5-7-9-11-13-15-55(73)74;/h17,20,23,25,35-37,41,43-44,51H,1-16,18-19,21-22,24,26-34,39-40H2,(H,64,76)(H,73,74);/q;+1/p-1. The van der Waals surface area contributed by atoms with E-state index in [2.05, 4.69) is 25.3 Å². The Morgan fingerprint density at radius 3 is 1.91 bits per heavy atom. The average molecular weight is 1160 g/mol. The van der Waals surface area contributed by atoms with E-state index in [4.69, 9.17) is 26.3 Å². The molecule has 82 heavy (non-hydrogen) atoms. The zero-order valence-corrected chi connectivity index (χ0v) is 50.2. The second-order valence-electron chi connectivity index (χ2n) is 22.3. The van der Waals surface area contributed by atoms with Crippen molar-refractivity contribution in [1.29, 1.82) is 5.26 Å². The fourth-order valence-corrected chi connectivity index (χ4v) is 12.0. The zero-order chi connectivity index (χ0) is 57.3. The summed E-state index contributed by atoms with van der Waals surface area (Å²) in [5.74, 6) is -3.59. The predicted molar refractivity (Wildman–Crippen MR) is 298 cm³/mol. The molecule has 4 fully saturated rings. The molecule has 4 aliphatic heterocycles. The van der Waals surface area contributed by atoms with E-state index in [1.54, 1.807) is 24.3 Å². The fourth-order valence-electron chi connectivity index (χ4n) is 11.8. The number of nitrogens with zero attached hydrogens (tertiary/aromatic N) is 8. The van der Waals surface area contributed by atoms with Gasteiger partial charge in [0.15, 0.2) is 18.2 Å². The molecule has 1 N–H and O–H groups in total. The van der Waals surface area contributed by atoms with Gasteiger partial charge in [0, 0.05) is 76.7 Å². The van der Waals surface area contributed by atoms with Crippen LogP contribution in [0.3, 0.4) is 0 Å². The van der Waals surface area contributed by atoms with Gasteiger partial charge >= 0.3 is 35.5 Å². The van der Waals surface area contributed by atoms with Crippen molar-refractivity contribution in [2.45, 2.75) is 172 Å². The van der Waals surface area contributed by atoms with Gasteiger partial charge in [-0.1, -0.05) is 88.7 Å². The van der Waals surface area contributed by atoms with Crippen LogP contribution in [0.2, 0.25) is 5.02 Å². The topological polar surface area (TPSA) is 239 Å². The molecule has 436 valence electrons. The number of aliphatic carboxylic acids is 1. The summed E-state index contributed by atoms with van der Waals surface area (Å²) in [6.45, 7) is 4.17. The van der Waals surface area contributed by atoms with Gasteiger partial charge in [-0.05, 0) is 107 Å². The van der Waals surface area contributed by atoms with E-state index in [1.165, 1.54) is 38.2 Å². The van der Waals surface area contributed by atoms with Crippen molar-refractivity contribution in [3.05, 3.63) is 75.7 Å². The summed E-state index contributed by atoms with van der Waals surface area (Å²) >= 11 is 6.16. The van der Waals surface area contributed by atoms with Crippen LogP contribution in [0.5, 0.6) is 5.75 Å². The van der Waals surface area contributed by atoms with Gasteiger partial charge in [-0.15, -0.1) is 10.2 Å². The van der Waals surface area contributed by atoms with Gasteiger partial charge in [-0.25, -0.2) is 9.29 Å². The number of ether oxygens (including phenoxy) is 2. The fraction of sp³-hybridized carbons (Fsp3) is 0.600. The van der Waals surface area contributed by atoms with E-state index in [0.29, 0.717) is 61.3 Å². The van der Waals surface area contributed by atoms with E-state index < -0.39 is 54.2 Å². The normalized spacial score (nSPS) is 19.6. The Morgan fingerprint density at radius 1 is 0.720 bits per heavy atom. The van der Waals surface area contributed by atoms with E-state index in [1.807, 2.05) is 17.0 Å². The number of anilines is 2. The number of aromatic nitrogens is 2. The first-order valence-electron chi connectivity index (χ1n) is 29.4. The summed E-state index contributed by atoms with van der Waals surface area (Å²) in [5, 5.41) is 31.7. The number of fused-ring (bicyclic) bond motifs is 1. The number of amides is 5. The Balaban J connectivity index is 0.00000968. The van der Waals surface area contributed by atoms with Gasteiger partial charge in [-0.3, -0.25) is 38.6 Å². The minimum absolute atomic E-state index is 0. The molecule has 1 unspecified atom stereocenters. The van der Waals surface area contributed by atoms with Crippen molar-refractivity contribution in [3.8, 4) is 11.8 Å². The van der Waals surface area contributed by atoms with Crippen molar-refractivity contribution in [1.82, 2.24) is 30.2 Å². The van der Waals surface area contributed by atoms with Crippen LogP contribution < -0.4 is 54.5 Å². The summed E-state index contributed by atoms with van der Waals surface area (Å²) in [6, 6.07) is 11.8. The van der Waals surface area contributed by atoms with Gasteiger partial charge in [0.2, 0.25) is 5.91 Å². The van der Waals surface area contributed by atoms with Gasteiger partial charge in [0.1, 0.15) is 23.7 Å². The smallest absolute Gasteiger partial charge is 0.550 e. The maximum atomic E-state index is 15.9. The first kappa shape index (κ1) is 63.9. The number of likely N-dealkylation sites (tertiary alicyclic amines) is 1. The molecule has 22 heteroatoms. The number of hydrogen-bond donors (Lipinski definition) is 1. The zero-order valence-electron chi connectivity index (χ0n) is 47.4. The third-order valence-corrected chi connectivity index (χ3v) is 16.9. The number of carboxylic acids is 1.